The van der Waals surface area contributed by atoms with Gasteiger partial charge in [-0.25, -0.2) is 9.48 Å². The van der Waals surface area contributed by atoms with E-state index in [0.717, 1.165) is 17.7 Å². The number of halogens is 1. The van der Waals surface area contributed by atoms with E-state index >= 15 is 0 Å². The van der Waals surface area contributed by atoms with E-state index in [0.29, 0.717) is 11.2 Å². The van der Waals surface area contributed by atoms with Crippen molar-refractivity contribution in [3.8, 4) is 0 Å². The highest BCUT2D eigenvalue weighted by Gasteiger charge is 2.22. The molecule has 0 saturated heterocycles. The van der Waals surface area contributed by atoms with Gasteiger partial charge in [-0.2, -0.15) is 0 Å². The van der Waals surface area contributed by atoms with Crippen LogP contribution in [0.15, 0.2) is 28.3 Å². The molecule has 2 aromatic rings. The molecule has 1 aliphatic rings. The van der Waals surface area contributed by atoms with Crippen LogP contribution in [0.2, 0.25) is 5.02 Å². The van der Waals surface area contributed by atoms with Crippen molar-refractivity contribution in [2.75, 3.05) is 0 Å². The van der Waals surface area contributed by atoms with Gasteiger partial charge in [0, 0.05) is 4.90 Å². The molecule has 0 atom stereocenters. The number of tetrazole rings is 1. The molecular formula is C13H13ClN4O2S. The van der Waals surface area contributed by atoms with Gasteiger partial charge >= 0.3 is 5.97 Å². The molecule has 1 aromatic heterocycles. The third kappa shape index (κ3) is 3.03. The molecule has 1 heterocycles. The molecule has 1 saturated carbocycles. The van der Waals surface area contributed by atoms with Crippen LogP contribution in [-0.4, -0.2) is 31.3 Å². The molecule has 6 nitrogen and oxygen atoms in total. The summed E-state index contributed by atoms with van der Waals surface area (Å²) in [5.41, 5.74) is 0.0939. The van der Waals surface area contributed by atoms with E-state index in [4.69, 9.17) is 16.7 Å². The van der Waals surface area contributed by atoms with E-state index < -0.39 is 5.97 Å². The largest absolute Gasteiger partial charge is 0.478 e. The van der Waals surface area contributed by atoms with E-state index in [-0.39, 0.29) is 10.6 Å². The van der Waals surface area contributed by atoms with E-state index in [2.05, 4.69) is 15.5 Å². The third-order valence-corrected chi connectivity index (χ3v) is 4.77. The van der Waals surface area contributed by atoms with Gasteiger partial charge in [-0.1, -0.05) is 24.4 Å². The molecule has 0 unspecified atom stereocenters. The van der Waals surface area contributed by atoms with Crippen molar-refractivity contribution in [2.45, 2.75) is 41.8 Å². The van der Waals surface area contributed by atoms with Crippen molar-refractivity contribution in [1.82, 2.24) is 20.2 Å². The second kappa shape index (κ2) is 6.03. The second-order valence-corrected chi connectivity index (χ2v) is 6.34. The van der Waals surface area contributed by atoms with Crippen LogP contribution < -0.4 is 0 Å². The zero-order chi connectivity index (χ0) is 14.8. The van der Waals surface area contributed by atoms with Crippen LogP contribution in [0.1, 0.15) is 42.1 Å². The lowest BCUT2D eigenvalue weighted by Crippen LogP contribution is -2.08. The Hall–Kier alpha value is -1.60. The van der Waals surface area contributed by atoms with Crippen LogP contribution in [0.5, 0.6) is 0 Å². The lowest BCUT2D eigenvalue weighted by Gasteiger charge is -2.10. The standard InChI is InChI=1S/C13H13ClN4O2S/c14-11-7-9(5-6-10(11)12(19)20)21-13-15-16-17-18(13)8-3-1-2-4-8/h5-8H,1-4H2,(H,19,20). The monoisotopic (exact) mass is 324 g/mol. The van der Waals surface area contributed by atoms with Crippen LogP contribution in [0.25, 0.3) is 0 Å². The maximum atomic E-state index is 11.0. The Morgan fingerprint density at radius 2 is 2.14 bits per heavy atom. The molecule has 0 radical (unpaired) electrons. The smallest absolute Gasteiger partial charge is 0.337 e. The molecule has 0 bridgehead atoms. The highest BCUT2D eigenvalue weighted by Crippen LogP contribution is 2.34. The quantitative estimate of drug-likeness (QED) is 0.929. The zero-order valence-corrected chi connectivity index (χ0v) is 12.6. The minimum absolute atomic E-state index is 0.0939. The van der Waals surface area contributed by atoms with Gasteiger partial charge in [0.1, 0.15) is 0 Å². The molecule has 3 rings (SSSR count). The SMILES string of the molecule is O=C(O)c1ccc(Sc2nnnn2C2CCCC2)cc1Cl. The summed E-state index contributed by atoms with van der Waals surface area (Å²) >= 11 is 7.37. The number of aromatic carboxylic acids is 1. The van der Waals surface area contributed by atoms with Gasteiger partial charge in [-0.05, 0) is 53.2 Å². The number of carboxylic acid groups (broad SMARTS) is 1. The third-order valence-electron chi connectivity index (χ3n) is 3.51. The predicted molar refractivity (Wildman–Crippen MR) is 77.9 cm³/mol. The van der Waals surface area contributed by atoms with Crippen molar-refractivity contribution in [1.29, 1.82) is 0 Å². The van der Waals surface area contributed by atoms with E-state index in [1.807, 2.05) is 4.68 Å². The average Bonchev–Trinajstić information content (AvgIpc) is 3.08. The number of nitrogens with zero attached hydrogens (tertiary/aromatic N) is 4. The summed E-state index contributed by atoms with van der Waals surface area (Å²) in [5, 5.41) is 21.8. The van der Waals surface area contributed by atoms with Gasteiger partial charge in [0.2, 0.25) is 5.16 Å². The van der Waals surface area contributed by atoms with Crippen molar-refractivity contribution in [3.05, 3.63) is 28.8 Å². The molecular weight excluding hydrogens is 312 g/mol. The first-order valence-corrected chi connectivity index (χ1v) is 7.83. The number of rotatable bonds is 4. The minimum Gasteiger partial charge on any atom is -0.478 e. The molecule has 1 fully saturated rings. The Balaban J connectivity index is 1.82. The highest BCUT2D eigenvalue weighted by atomic mass is 35.5. The average molecular weight is 325 g/mol. The Morgan fingerprint density at radius 3 is 2.81 bits per heavy atom. The summed E-state index contributed by atoms with van der Waals surface area (Å²) in [5.74, 6) is -1.03. The Labute approximate surface area is 130 Å². The van der Waals surface area contributed by atoms with Gasteiger partial charge in [-0.15, -0.1) is 5.10 Å². The number of carbonyl (C=O) groups is 1. The summed E-state index contributed by atoms with van der Waals surface area (Å²) in [6.07, 6.45) is 4.59. The molecule has 1 aliphatic carbocycles. The second-order valence-electron chi connectivity index (χ2n) is 4.89. The van der Waals surface area contributed by atoms with Crippen molar-refractivity contribution >= 4 is 29.3 Å². The molecule has 110 valence electrons. The Bertz CT molecular complexity index is 670. The topological polar surface area (TPSA) is 80.9 Å². The zero-order valence-electron chi connectivity index (χ0n) is 11.1. The predicted octanol–water partition coefficient (Wildman–Crippen LogP) is 3.29. The van der Waals surface area contributed by atoms with Crippen LogP contribution in [0, 0.1) is 0 Å². The van der Waals surface area contributed by atoms with Gasteiger partial charge in [0.05, 0.1) is 16.6 Å². The molecule has 1 N–H and O–H groups in total. The first-order chi connectivity index (χ1) is 10.1. The minimum atomic E-state index is -1.03. The van der Waals surface area contributed by atoms with Crippen molar-refractivity contribution in [2.24, 2.45) is 0 Å². The summed E-state index contributed by atoms with van der Waals surface area (Å²) in [4.78, 5) is 11.8. The Morgan fingerprint density at radius 1 is 1.38 bits per heavy atom. The summed E-state index contributed by atoms with van der Waals surface area (Å²) < 4.78 is 1.86. The van der Waals surface area contributed by atoms with Gasteiger partial charge in [0.25, 0.3) is 0 Å². The molecule has 21 heavy (non-hydrogen) atoms. The number of carboxylic acids is 1. The lowest BCUT2D eigenvalue weighted by molar-refractivity contribution is 0.0697. The molecule has 0 amide bonds. The van der Waals surface area contributed by atoms with Crippen LogP contribution in [-0.2, 0) is 0 Å². The number of hydrogen-bond acceptors (Lipinski definition) is 5. The number of hydrogen-bond donors (Lipinski definition) is 1. The maximum Gasteiger partial charge on any atom is 0.337 e. The fraction of sp³-hybridized carbons (Fsp3) is 0.385. The first-order valence-electron chi connectivity index (χ1n) is 6.63. The summed E-state index contributed by atoms with van der Waals surface area (Å²) in [6.45, 7) is 0. The van der Waals surface area contributed by atoms with Gasteiger partial charge in [0.15, 0.2) is 0 Å². The van der Waals surface area contributed by atoms with Gasteiger partial charge < -0.3 is 5.11 Å². The number of benzene rings is 1. The van der Waals surface area contributed by atoms with Crippen molar-refractivity contribution < 1.29 is 9.90 Å². The van der Waals surface area contributed by atoms with Crippen LogP contribution in [0.3, 0.4) is 0 Å². The molecule has 1 aromatic carbocycles. The van der Waals surface area contributed by atoms with Crippen LogP contribution >= 0.6 is 23.4 Å². The molecule has 0 aliphatic heterocycles. The highest BCUT2D eigenvalue weighted by molar-refractivity contribution is 7.99. The summed E-state index contributed by atoms with van der Waals surface area (Å²) in [7, 11) is 0. The van der Waals surface area contributed by atoms with Gasteiger partial charge in [-0.3, -0.25) is 0 Å². The normalized spacial score (nSPS) is 15.5. The van der Waals surface area contributed by atoms with Crippen LogP contribution in [0.4, 0.5) is 0 Å². The summed E-state index contributed by atoms with van der Waals surface area (Å²) in [6, 6.07) is 5.20. The maximum absolute atomic E-state index is 11.0. The number of aromatic nitrogens is 4. The fourth-order valence-corrected chi connectivity index (χ4v) is 3.68. The fourth-order valence-electron chi connectivity index (χ4n) is 2.47. The lowest BCUT2D eigenvalue weighted by atomic mass is 10.2. The molecule has 0 spiro atoms. The van der Waals surface area contributed by atoms with E-state index in [1.165, 1.54) is 30.7 Å². The van der Waals surface area contributed by atoms with E-state index in [1.54, 1.807) is 12.1 Å². The van der Waals surface area contributed by atoms with Crippen molar-refractivity contribution in [3.63, 3.8) is 0 Å². The Kier molecular flexibility index (Phi) is 4.12. The van der Waals surface area contributed by atoms with E-state index in [9.17, 15) is 4.79 Å². The first kappa shape index (κ1) is 14.3. The molecule has 8 heteroatoms.